The van der Waals surface area contributed by atoms with E-state index in [2.05, 4.69) is 36.1 Å². The molecular formula is C11H11N7O2. The molecular weight excluding hydrogens is 262 g/mol. The Morgan fingerprint density at radius 3 is 3.15 bits per heavy atom. The predicted octanol–water partition coefficient (Wildman–Crippen LogP) is 0.870. The van der Waals surface area contributed by atoms with Gasteiger partial charge in [0.2, 0.25) is 5.82 Å². The second-order valence-electron chi connectivity index (χ2n) is 3.84. The molecule has 3 aromatic rings. The summed E-state index contributed by atoms with van der Waals surface area (Å²) in [7, 11) is 1.60. The van der Waals surface area contributed by atoms with E-state index in [0.717, 1.165) is 11.3 Å². The zero-order valence-electron chi connectivity index (χ0n) is 10.6. The van der Waals surface area contributed by atoms with E-state index in [9.17, 15) is 0 Å². The topological polar surface area (TPSA) is 115 Å². The van der Waals surface area contributed by atoms with Crippen LogP contribution in [0.2, 0.25) is 0 Å². The van der Waals surface area contributed by atoms with Gasteiger partial charge in [-0.2, -0.15) is 10.2 Å². The van der Waals surface area contributed by atoms with Crippen LogP contribution in [-0.2, 0) is 6.54 Å². The van der Waals surface area contributed by atoms with Crippen LogP contribution in [0, 0.1) is 0 Å². The molecule has 9 heteroatoms. The van der Waals surface area contributed by atoms with E-state index >= 15 is 0 Å². The minimum atomic E-state index is 0.285. The quantitative estimate of drug-likeness (QED) is 0.703. The molecule has 2 N–H and O–H groups in total. The van der Waals surface area contributed by atoms with Crippen LogP contribution in [0.1, 0.15) is 5.82 Å². The van der Waals surface area contributed by atoms with Gasteiger partial charge >= 0.3 is 6.01 Å². The smallest absolute Gasteiger partial charge is 0.322 e. The molecule has 0 fully saturated rings. The van der Waals surface area contributed by atoms with Crippen molar-refractivity contribution >= 4 is 6.01 Å². The van der Waals surface area contributed by atoms with Crippen molar-refractivity contribution in [3.8, 4) is 17.1 Å². The summed E-state index contributed by atoms with van der Waals surface area (Å²) >= 11 is 0. The van der Waals surface area contributed by atoms with E-state index in [1.54, 1.807) is 7.11 Å². The van der Waals surface area contributed by atoms with Gasteiger partial charge in [-0.25, -0.2) is 0 Å². The number of ether oxygens (including phenoxy) is 1. The lowest BCUT2D eigenvalue weighted by Gasteiger charge is -1.99. The highest BCUT2D eigenvalue weighted by Gasteiger charge is 2.09. The third-order valence-corrected chi connectivity index (χ3v) is 2.54. The zero-order valence-corrected chi connectivity index (χ0v) is 10.6. The molecule has 102 valence electrons. The van der Waals surface area contributed by atoms with Crippen LogP contribution in [0.4, 0.5) is 6.01 Å². The molecule has 0 saturated heterocycles. The molecule has 0 aliphatic rings. The second-order valence-corrected chi connectivity index (χ2v) is 3.84. The molecule has 0 aliphatic carbocycles. The molecule has 3 rings (SSSR count). The van der Waals surface area contributed by atoms with Crippen molar-refractivity contribution in [3.63, 3.8) is 0 Å². The van der Waals surface area contributed by atoms with Gasteiger partial charge in [0.05, 0.1) is 13.7 Å². The highest BCUT2D eigenvalue weighted by Crippen LogP contribution is 2.22. The van der Waals surface area contributed by atoms with Crippen LogP contribution < -0.4 is 10.1 Å². The van der Waals surface area contributed by atoms with Gasteiger partial charge in [0.1, 0.15) is 5.75 Å². The number of H-pyrrole nitrogens is 1. The Balaban J connectivity index is 1.72. The van der Waals surface area contributed by atoms with Gasteiger partial charge in [0.25, 0.3) is 0 Å². The monoisotopic (exact) mass is 273 g/mol. The Kier molecular flexibility index (Phi) is 3.23. The van der Waals surface area contributed by atoms with Crippen molar-refractivity contribution in [3.05, 3.63) is 30.1 Å². The highest BCUT2D eigenvalue weighted by molar-refractivity contribution is 5.57. The van der Waals surface area contributed by atoms with E-state index in [1.165, 1.54) is 0 Å². The minimum absolute atomic E-state index is 0.285. The molecule has 2 aromatic heterocycles. The Morgan fingerprint density at radius 1 is 1.40 bits per heavy atom. The summed E-state index contributed by atoms with van der Waals surface area (Å²) in [6.07, 6.45) is 0. The Bertz CT molecular complexity index is 680. The maximum atomic E-state index is 5.15. The fraction of sp³-hybridized carbons (Fsp3) is 0.182. The average molecular weight is 273 g/mol. The summed E-state index contributed by atoms with van der Waals surface area (Å²) in [6.45, 7) is 0.343. The maximum absolute atomic E-state index is 5.15. The average Bonchev–Trinajstić information content (AvgIpc) is 3.16. The third kappa shape index (κ3) is 2.55. The first-order chi connectivity index (χ1) is 9.85. The first-order valence-corrected chi connectivity index (χ1v) is 5.79. The van der Waals surface area contributed by atoms with Gasteiger partial charge in [0, 0.05) is 5.56 Å². The molecule has 1 aromatic carbocycles. The Hall–Kier alpha value is -2.97. The maximum Gasteiger partial charge on any atom is 0.322 e. The Morgan fingerprint density at radius 2 is 2.35 bits per heavy atom. The summed E-state index contributed by atoms with van der Waals surface area (Å²) < 4.78 is 10.2. The van der Waals surface area contributed by atoms with Crippen molar-refractivity contribution in [2.75, 3.05) is 12.4 Å². The van der Waals surface area contributed by atoms with Crippen molar-refractivity contribution in [1.82, 2.24) is 30.8 Å². The van der Waals surface area contributed by atoms with Crippen LogP contribution in [-0.4, -0.2) is 37.9 Å². The fourth-order valence-electron chi connectivity index (χ4n) is 1.59. The SMILES string of the molecule is COc1cccc(-c2noc(NCc3nn[nH]n3)n2)c1. The number of hydrogen-bond donors (Lipinski definition) is 2. The number of anilines is 1. The van der Waals surface area contributed by atoms with Gasteiger partial charge in [-0.05, 0) is 12.1 Å². The molecule has 9 nitrogen and oxygen atoms in total. The van der Waals surface area contributed by atoms with Crippen molar-refractivity contribution in [1.29, 1.82) is 0 Å². The number of aromatic amines is 1. The van der Waals surface area contributed by atoms with E-state index in [0.29, 0.717) is 18.2 Å². The van der Waals surface area contributed by atoms with Crippen LogP contribution in [0.5, 0.6) is 5.75 Å². The molecule has 0 saturated carbocycles. The molecule has 0 bridgehead atoms. The summed E-state index contributed by atoms with van der Waals surface area (Å²) in [5.41, 5.74) is 0.806. The van der Waals surface area contributed by atoms with Gasteiger partial charge in [0.15, 0.2) is 5.82 Å². The summed E-state index contributed by atoms with van der Waals surface area (Å²) in [6, 6.07) is 7.69. The molecule has 0 spiro atoms. The van der Waals surface area contributed by atoms with Crippen LogP contribution in [0.25, 0.3) is 11.4 Å². The fourth-order valence-corrected chi connectivity index (χ4v) is 1.59. The second kappa shape index (κ2) is 5.34. The molecule has 20 heavy (non-hydrogen) atoms. The van der Waals surface area contributed by atoms with Crippen molar-refractivity contribution in [2.24, 2.45) is 0 Å². The number of methoxy groups -OCH3 is 1. The number of rotatable bonds is 5. The third-order valence-electron chi connectivity index (χ3n) is 2.54. The number of nitrogens with zero attached hydrogens (tertiary/aromatic N) is 5. The number of nitrogens with one attached hydrogen (secondary N) is 2. The van der Waals surface area contributed by atoms with Gasteiger partial charge < -0.3 is 14.6 Å². The number of hydrogen-bond acceptors (Lipinski definition) is 8. The number of tetrazole rings is 1. The molecule has 0 atom stereocenters. The lowest BCUT2D eigenvalue weighted by atomic mass is 10.2. The number of aromatic nitrogens is 6. The summed E-state index contributed by atoms with van der Waals surface area (Å²) in [5, 5.41) is 20.2. The standard InChI is InChI=1S/C11H11N7O2/c1-19-8-4-2-3-7(5-8)10-13-11(20-16-10)12-6-9-14-17-18-15-9/h2-5H,6H2,1H3,(H,12,13,16)(H,14,15,17,18). The van der Waals surface area contributed by atoms with E-state index in [1.807, 2.05) is 24.3 Å². The van der Waals surface area contributed by atoms with Crippen LogP contribution in [0.15, 0.2) is 28.8 Å². The molecule has 0 radical (unpaired) electrons. The largest absolute Gasteiger partial charge is 0.497 e. The molecule has 2 heterocycles. The van der Waals surface area contributed by atoms with E-state index in [-0.39, 0.29) is 6.01 Å². The predicted molar refractivity (Wildman–Crippen MR) is 67.8 cm³/mol. The molecule has 0 unspecified atom stereocenters. The molecule has 0 amide bonds. The number of benzene rings is 1. The Labute approximate surface area is 113 Å². The minimum Gasteiger partial charge on any atom is -0.497 e. The lowest BCUT2D eigenvalue weighted by Crippen LogP contribution is -2.01. The van der Waals surface area contributed by atoms with Gasteiger partial charge in [-0.3, -0.25) is 0 Å². The van der Waals surface area contributed by atoms with Crippen LogP contribution >= 0.6 is 0 Å². The van der Waals surface area contributed by atoms with Crippen molar-refractivity contribution in [2.45, 2.75) is 6.54 Å². The lowest BCUT2D eigenvalue weighted by molar-refractivity contribution is 0.414. The van der Waals surface area contributed by atoms with Gasteiger partial charge in [-0.1, -0.05) is 22.5 Å². The summed E-state index contributed by atoms with van der Waals surface area (Å²) in [5.74, 6) is 1.71. The normalized spacial score (nSPS) is 10.4. The highest BCUT2D eigenvalue weighted by atomic mass is 16.5. The van der Waals surface area contributed by atoms with Crippen molar-refractivity contribution < 1.29 is 9.26 Å². The summed E-state index contributed by atoms with van der Waals surface area (Å²) in [4.78, 5) is 4.22. The first-order valence-electron chi connectivity index (χ1n) is 5.79. The van der Waals surface area contributed by atoms with Crippen LogP contribution in [0.3, 0.4) is 0 Å². The first kappa shape index (κ1) is 12.1. The van der Waals surface area contributed by atoms with E-state index in [4.69, 9.17) is 9.26 Å². The van der Waals surface area contributed by atoms with Gasteiger partial charge in [-0.15, -0.1) is 10.2 Å². The van der Waals surface area contributed by atoms with E-state index < -0.39 is 0 Å². The molecule has 0 aliphatic heterocycles. The zero-order chi connectivity index (χ0) is 13.8.